The van der Waals surface area contributed by atoms with E-state index in [4.69, 9.17) is 11.6 Å². The summed E-state index contributed by atoms with van der Waals surface area (Å²) in [4.78, 5) is 14.1. The number of carbonyl (C=O) groups excluding carboxylic acids is 1. The van der Waals surface area contributed by atoms with Crippen molar-refractivity contribution in [3.05, 3.63) is 57.9 Å². The fourth-order valence-corrected chi connectivity index (χ4v) is 6.59. The van der Waals surface area contributed by atoms with Crippen molar-refractivity contribution in [3.8, 4) is 17.5 Å². The summed E-state index contributed by atoms with van der Waals surface area (Å²) in [6.45, 7) is 11.1. The molecule has 1 unspecified atom stereocenters. The summed E-state index contributed by atoms with van der Waals surface area (Å²) in [7, 11) is 0. The third-order valence-electron chi connectivity index (χ3n) is 6.30. The van der Waals surface area contributed by atoms with E-state index in [0.717, 1.165) is 30.4 Å². The van der Waals surface area contributed by atoms with Gasteiger partial charge >= 0.3 is 0 Å². The second kappa shape index (κ2) is 10.6. The summed E-state index contributed by atoms with van der Waals surface area (Å²) in [5.41, 5.74) is 2.80. The normalized spacial score (nSPS) is 15.3. The Bertz CT molecular complexity index is 1300. The van der Waals surface area contributed by atoms with E-state index in [1.54, 1.807) is 23.5 Å². The number of hydrogen-bond acceptors (Lipinski definition) is 6. The third kappa shape index (κ3) is 5.64. The van der Waals surface area contributed by atoms with E-state index in [-0.39, 0.29) is 17.1 Å². The van der Waals surface area contributed by atoms with Crippen LogP contribution in [0, 0.1) is 22.7 Å². The van der Waals surface area contributed by atoms with Gasteiger partial charge in [-0.15, -0.1) is 28.1 Å². The van der Waals surface area contributed by atoms with Crippen LogP contribution in [0.3, 0.4) is 0 Å². The number of thioether (sulfide) groups is 1. The number of anilines is 1. The molecule has 0 spiro atoms. The molecule has 35 heavy (non-hydrogen) atoms. The van der Waals surface area contributed by atoms with Crippen LogP contribution >= 0.6 is 34.7 Å². The molecule has 3 aromatic rings. The summed E-state index contributed by atoms with van der Waals surface area (Å²) in [5, 5.41) is 23.3. The zero-order chi connectivity index (χ0) is 25.2. The van der Waals surface area contributed by atoms with Gasteiger partial charge in [0.05, 0.1) is 11.3 Å². The average molecular weight is 526 g/mol. The van der Waals surface area contributed by atoms with Crippen LogP contribution in [0.15, 0.2) is 42.1 Å². The van der Waals surface area contributed by atoms with Gasteiger partial charge in [-0.2, -0.15) is 5.26 Å². The van der Waals surface area contributed by atoms with Crippen LogP contribution < -0.4 is 5.32 Å². The largest absolute Gasteiger partial charge is 0.316 e. The number of thiophene rings is 1. The van der Waals surface area contributed by atoms with Crippen molar-refractivity contribution in [3.63, 3.8) is 0 Å². The van der Waals surface area contributed by atoms with Gasteiger partial charge in [0, 0.05) is 22.0 Å². The van der Waals surface area contributed by atoms with Gasteiger partial charge in [-0.25, -0.2) is 0 Å². The van der Waals surface area contributed by atoms with Gasteiger partial charge in [0.1, 0.15) is 11.1 Å². The molecule has 1 aliphatic rings. The Morgan fingerprint density at radius 2 is 2.23 bits per heavy atom. The standard InChI is InChI=1S/C26H28ClN5OS2/c1-5-11-32-23(16-7-6-8-18(27)12-16)30-31-25(32)34-15-22(33)29-24-20(14-28)19-10-9-17(26(2,3)4)13-21(19)35-24/h5-8,12,17H,1,9-11,13,15H2,2-4H3,(H,29,33). The summed E-state index contributed by atoms with van der Waals surface area (Å²) in [5.74, 6) is 1.23. The van der Waals surface area contributed by atoms with Gasteiger partial charge in [-0.1, -0.05) is 62.3 Å². The van der Waals surface area contributed by atoms with Crippen molar-refractivity contribution in [2.45, 2.75) is 51.7 Å². The molecule has 2 heterocycles. The zero-order valence-electron chi connectivity index (χ0n) is 20.1. The number of allylic oxidation sites excluding steroid dienone is 1. The van der Waals surface area contributed by atoms with Crippen LogP contribution in [0.1, 0.15) is 43.2 Å². The minimum atomic E-state index is -0.171. The highest BCUT2D eigenvalue weighted by Crippen LogP contribution is 2.44. The molecule has 0 radical (unpaired) electrons. The molecular weight excluding hydrogens is 498 g/mol. The number of nitrogens with one attached hydrogen (secondary N) is 1. The first-order valence-electron chi connectivity index (χ1n) is 11.5. The van der Waals surface area contributed by atoms with E-state index in [1.165, 1.54) is 16.6 Å². The minimum Gasteiger partial charge on any atom is -0.316 e. The van der Waals surface area contributed by atoms with Crippen LogP contribution in [0.5, 0.6) is 0 Å². The second-order valence-corrected chi connectivity index (χ2v) is 12.2. The summed E-state index contributed by atoms with van der Waals surface area (Å²) in [6.07, 6.45) is 4.68. The van der Waals surface area contributed by atoms with E-state index >= 15 is 0 Å². The third-order valence-corrected chi connectivity index (χ3v) is 8.67. The fraction of sp³-hybridized carbons (Fsp3) is 0.385. The quantitative estimate of drug-likeness (QED) is 0.277. The van der Waals surface area contributed by atoms with Gasteiger partial charge < -0.3 is 5.32 Å². The van der Waals surface area contributed by atoms with E-state index in [2.05, 4.69) is 48.9 Å². The number of nitriles is 1. The number of fused-ring (bicyclic) bond motifs is 1. The number of nitrogens with zero attached hydrogens (tertiary/aromatic N) is 4. The van der Waals surface area contributed by atoms with Crippen LogP contribution in [0.4, 0.5) is 5.00 Å². The molecule has 1 atom stereocenters. The number of carbonyl (C=O) groups is 1. The van der Waals surface area contributed by atoms with Gasteiger partial charge in [0.25, 0.3) is 0 Å². The number of aromatic nitrogens is 3. The fourth-order valence-electron chi connectivity index (χ4n) is 4.35. The van der Waals surface area contributed by atoms with Crippen molar-refractivity contribution >= 4 is 45.6 Å². The molecule has 6 nitrogen and oxygen atoms in total. The highest BCUT2D eigenvalue weighted by atomic mass is 35.5. The van der Waals surface area contributed by atoms with E-state index in [0.29, 0.717) is 39.0 Å². The molecule has 182 valence electrons. The number of benzene rings is 1. The Labute approximate surface area is 219 Å². The van der Waals surface area contributed by atoms with E-state index in [1.807, 2.05) is 22.8 Å². The number of hydrogen-bond donors (Lipinski definition) is 1. The maximum Gasteiger partial charge on any atom is 0.235 e. The molecule has 1 aliphatic carbocycles. The molecule has 9 heteroatoms. The molecule has 1 amide bonds. The topological polar surface area (TPSA) is 83.6 Å². The van der Waals surface area contributed by atoms with Crippen molar-refractivity contribution in [1.82, 2.24) is 14.8 Å². The number of halogens is 1. The lowest BCUT2D eigenvalue weighted by Crippen LogP contribution is -2.26. The van der Waals surface area contributed by atoms with Gasteiger partial charge in [-0.3, -0.25) is 9.36 Å². The SMILES string of the molecule is C=CCn1c(SCC(=O)Nc2sc3c(c2C#N)CCC(C(C)(C)C)C3)nnc1-c1cccc(Cl)c1. The summed E-state index contributed by atoms with van der Waals surface area (Å²) < 4.78 is 1.91. The lowest BCUT2D eigenvalue weighted by molar-refractivity contribution is -0.113. The highest BCUT2D eigenvalue weighted by molar-refractivity contribution is 7.99. The Hall–Kier alpha value is -2.60. The minimum absolute atomic E-state index is 0.156. The molecule has 0 saturated heterocycles. The van der Waals surface area contributed by atoms with Crippen molar-refractivity contribution < 1.29 is 4.79 Å². The predicted octanol–water partition coefficient (Wildman–Crippen LogP) is 6.60. The zero-order valence-corrected chi connectivity index (χ0v) is 22.5. The maximum atomic E-state index is 12.9. The molecule has 0 bridgehead atoms. The molecule has 0 fully saturated rings. The second-order valence-electron chi connectivity index (χ2n) is 9.68. The van der Waals surface area contributed by atoms with E-state index in [9.17, 15) is 10.1 Å². The molecule has 1 aromatic carbocycles. The highest BCUT2D eigenvalue weighted by Gasteiger charge is 2.32. The molecular formula is C26H28ClN5OS2. The first-order valence-corrected chi connectivity index (χ1v) is 13.7. The van der Waals surface area contributed by atoms with Gasteiger partial charge in [0.2, 0.25) is 5.91 Å². The van der Waals surface area contributed by atoms with Crippen LogP contribution in [-0.4, -0.2) is 26.4 Å². The number of rotatable bonds is 7. The molecule has 4 rings (SSSR count). The molecule has 0 aliphatic heterocycles. The molecule has 2 aromatic heterocycles. The van der Waals surface area contributed by atoms with Gasteiger partial charge in [-0.05, 0) is 48.3 Å². The van der Waals surface area contributed by atoms with Crippen molar-refractivity contribution in [1.29, 1.82) is 5.26 Å². The molecule has 0 saturated carbocycles. The first-order chi connectivity index (χ1) is 16.7. The van der Waals surface area contributed by atoms with Crippen molar-refractivity contribution in [2.75, 3.05) is 11.1 Å². The Kier molecular flexibility index (Phi) is 7.70. The summed E-state index contributed by atoms with van der Waals surface area (Å²) >= 11 is 9.00. The molecule has 1 N–H and O–H groups in total. The Balaban J connectivity index is 1.47. The van der Waals surface area contributed by atoms with Crippen LogP contribution in [0.25, 0.3) is 11.4 Å². The first kappa shape index (κ1) is 25.5. The van der Waals surface area contributed by atoms with Crippen molar-refractivity contribution in [2.24, 2.45) is 11.3 Å². The lowest BCUT2D eigenvalue weighted by atomic mass is 9.72. The summed E-state index contributed by atoms with van der Waals surface area (Å²) in [6, 6.07) is 9.75. The average Bonchev–Trinajstić information content (AvgIpc) is 3.37. The number of amides is 1. The Morgan fingerprint density at radius 3 is 2.91 bits per heavy atom. The van der Waals surface area contributed by atoms with Crippen LogP contribution in [0.2, 0.25) is 5.02 Å². The van der Waals surface area contributed by atoms with Gasteiger partial charge in [0.15, 0.2) is 11.0 Å². The smallest absolute Gasteiger partial charge is 0.235 e. The van der Waals surface area contributed by atoms with E-state index < -0.39 is 0 Å². The van der Waals surface area contributed by atoms with Crippen LogP contribution in [-0.2, 0) is 24.2 Å². The maximum absolute atomic E-state index is 12.9. The predicted molar refractivity (Wildman–Crippen MR) is 144 cm³/mol. The monoisotopic (exact) mass is 525 g/mol. The lowest BCUT2D eigenvalue weighted by Gasteiger charge is -2.33. The Morgan fingerprint density at radius 1 is 1.43 bits per heavy atom.